The van der Waals surface area contributed by atoms with E-state index in [9.17, 15) is 0 Å². The Morgan fingerprint density at radius 2 is 1.38 bits per heavy atom. The monoisotopic (exact) mass is 326 g/mol. The van der Waals surface area contributed by atoms with Crippen LogP contribution in [-0.4, -0.2) is 0 Å². The first-order valence-corrected chi connectivity index (χ1v) is 9.80. The van der Waals surface area contributed by atoms with Crippen molar-refractivity contribution in [3.63, 3.8) is 0 Å². The molecule has 6 heteroatoms. The van der Waals surface area contributed by atoms with Gasteiger partial charge in [0.15, 0.2) is 0 Å². The number of rotatable bonds is 0. The van der Waals surface area contributed by atoms with Crippen LogP contribution in [0.15, 0.2) is 12.5 Å². The van der Waals surface area contributed by atoms with Gasteiger partial charge >= 0.3 is 71.2 Å². The first kappa shape index (κ1) is 7.32. The molecule has 48 valence electrons. The molecule has 0 radical (unpaired) electrons. The standard InChI is InChI=1S/C2H2Br3O2P/c3-8(4,5)6-1-2-7-8/h1-2H. The summed E-state index contributed by atoms with van der Waals surface area (Å²) in [6.07, 6.45) is 2.94. The molecular formula is C2H2Br3O2P. The normalized spacial score (nSPS) is 34.1. The van der Waals surface area contributed by atoms with E-state index in [4.69, 9.17) is 9.05 Å². The summed E-state index contributed by atoms with van der Waals surface area (Å²) < 4.78 is 7.35. The molecule has 0 aliphatic carbocycles. The first-order chi connectivity index (χ1) is 3.47. The van der Waals surface area contributed by atoms with Gasteiger partial charge in [-0.15, -0.1) is 0 Å². The van der Waals surface area contributed by atoms with Crippen molar-refractivity contribution in [2.45, 2.75) is 0 Å². The molecule has 1 aliphatic rings. The predicted molar refractivity (Wildman–Crippen MR) is 45.0 cm³/mol. The van der Waals surface area contributed by atoms with Gasteiger partial charge in [-0.1, -0.05) is 0 Å². The van der Waals surface area contributed by atoms with Crippen molar-refractivity contribution in [2.75, 3.05) is 0 Å². The van der Waals surface area contributed by atoms with Crippen molar-refractivity contribution >= 4 is 49.6 Å². The van der Waals surface area contributed by atoms with Crippen molar-refractivity contribution in [1.82, 2.24) is 0 Å². The Balaban J connectivity index is 2.74. The molecule has 1 heterocycles. The SMILES string of the molecule is BrP1(Br)(Br)OC=CO1. The summed E-state index contributed by atoms with van der Waals surface area (Å²) in [4.78, 5) is 0. The minimum atomic E-state index is -2.66. The number of halogens is 3. The van der Waals surface area contributed by atoms with Crippen LogP contribution in [0.4, 0.5) is 0 Å². The van der Waals surface area contributed by atoms with E-state index in [0.717, 1.165) is 0 Å². The van der Waals surface area contributed by atoms with E-state index in [-0.39, 0.29) is 0 Å². The Kier molecular flexibility index (Phi) is 1.69. The van der Waals surface area contributed by atoms with E-state index in [2.05, 4.69) is 46.5 Å². The molecule has 0 unspecified atom stereocenters. The predicted octanol–water partition coefficient (Wildman–Crippen LogP) is 3.82. The van der Waals surface area contributed by atoms with Crippen LogP contribution >= 0.6 is 49.6 Å². The van der Waals surface area contributed by atoms with E-state index in [1.807, 2.05) is 0 Å². The summed E-state index contributed by atoms with van der Waals surface area (Å²) in [5.74, 6) is 0. The van der Waals surface area contributed by atoms with E-state index < -0.39 is 3.16 Å². The summed E-state index contributed by atoms with van der Waals surface area (Å²) in [7, 11) is 0. The molecule has 0 aromatic heterocycles. The van der Waals surface area contributed by atoms with Gasteiger partial charge in [-0.05, 0) is 0 Å². The molecule has 1 aliphatic heterocycles. The maximum absolute atomic E-state index is 5.01. The van der Waals surface area contributed by atoms with Gasteiger partial charge in [0, 0.05) is 0 Å². The number of hydrogen-bond acceptors (Lipinski definition) is 2. The molecule has 0 fully saturated rings. The van der Waals surface area contributed by atoms with E-state index in [1.54, 1.807) is 0 Å². The second-order valence-corrected chi connectivity index (χ2v) is 23.1. The average molecular weight is 329 g/mol. The van der Waals surface area contributed by atoms with Gasteiger partial charge in [0.05, 0.1) is 0 Å². The Labute approximate surface area is 70.9 Å². The molecule has 0 N–H and O–H groups in total. The van der Waals surface area contributed by atoms with Gasteiger partial charge in [-0.25, -0.2) is 0 Å². The van der Waals surface area contributed by atoms with Crippen molar-refractivity contribution in [2.24, 2.45) is 0 Å². The zero-order valence-corrected chi connectivity index (χ0v) is 9.20. The zero-order chi connectivity index (χ0) is 6.28. The third-order valence-corrected chi connectivity index (χ3v) is 4.41. The van der Waals surface area contributed by atoms with Crippen LogP contribution in [0.2, 0.25) is 0 Å². The van der Waals surface area contributed by atoms with Gasteiger partial charge < -0.3 is 0 Å². The average Bonchev–Trinajstić information content (AvgIpc) is 1.81. The molecule has 0 bridgehead atoms. The van der Waals surface area contributed by atoms with Crippen LogP contribution in [0.1, 0.15) is 0 Å². The summed E-state index contributed by atoms with van der Waals surface area (Å²) in [6, 6.07) is 0. The molecule has 2 nitrogen and oxygen atoms in total. The van der Waals surface area contributed by atoms with E-state index in [1.165, 1.54) is 12.5 Å². The Bertz CT molecular complexity index is 124. The van der Waals surface area contributed by atoms with Crippen LogP contribution < -0.4 is 0 Å². The summed E-state index contributed by atoms with van der Waals surface area (Å²) >= 11 is 9.61. The maximum atomic E-state index is 5.01. The van der Waals surface area contributed by atoms with E-state index in [0.29, 0.717) is 0 Å². The van der Waals surface area contributed by atoms with Crippen LogP contribution in [0.3, 0.4) is 0 Å². The third kappa shape index (κ3) is 1.87. The molecule has 0 saturated heterocycles. The molecule has 0 atom stereocenters. The molecule has 0 amide bonds. The van der Waals surface area contributed by atoms with Gasteiger partial charge in [-0.3, -0.25) is 0 Å². The van der Waals surface area contributed by atoms with Gasteiger partial charge in [-0.2, -0.15) is 0 Å². The Morgan fingerprint density at radius 3 is 1.50 bits per heavy atom. The summed E-state index contributed by atoms with van der Waals surface area (Å²) in [5, 5.41) is 0. The minimum absolute atomic E-state index is 1.47. The second kappa shape index (κ2) is 1.84. The Hall–Kier alpha value is 1.21. The fraction of sp³-hybridized carbons (Fsp3) is 0. The Morgan fingerprint density at radius 1 is 1.00 bits per heavy atom. The zero-order valence-electron chi connectivity index (χ0n) is 3.55. The molecule has 8 heavy (non-hydrogen) atoms. The van der Waals surface area contributed by atoms with Crippen molar-refractivity contribution in [3.8, 4) is 0 Å². The van der Waals surface area contributed by atoms with Crippen molar-refractivity contribution in [1.29, 1.82) is 0 Å². The third-order valence-electron chi connectivity index (χ3n) is 0.502. The fourth-order valence-corrected chi connectivity index (χ4v) is 2.52. The van der Waals surface area contributed by atoms with Crippen LogP contribution in [0.5, 0.6) is 0 Å². The van der Waals surface area contributed by atoms with Crippen LogP contribution in [-0.2, 0) is 9.05 Å². The molecular weight excluding hydrogens is 327 g/mol. The van der Waals surface area contributed by atoms with Gasteiger partial charge in [0.1, 0.15) is 0 Å². The summed E-state index contributed by atoms with van der Waals surface area (Å²) in [5.41, 5.74) is 0. The molecule has 0 spiro atoms. The summed E-state index contributed by atoms with van der Waals surface area (Å²) in [6.45, 7) is 0. The van der Waals surface area contributed by atoms with Gasteiger partial charge in [0.25, 0.3) is 0 Å². The fourth-order valence-electron chi connectivity index (χ4n) is 0.262. The number of hydrogen-bond donors (Lipinski definition) is 0. The van der Waals surface area contributed by atoms with E-state index >= 15 is 0 Å². The molecule has 0 aromatic rings. The molecule has 1 rings (SSSR count). The van der Waals surface area contributed by atoms with Crippen molar-refractivity contribution in [3.05, 3.63) is 12.5 Å². The first-order valence-electron chi connectivity index (χ1n) is 1.68. The second-order valence-electron chi connectivity index (χ2n) is 1.16. The van der Waals surface area contributed by atoms with Crippen LogP contribution in [0, 0.1) is 0 Å². The van der Waals surface area contributed by atoms with Crippen molar-refractivity contribution < 1.29 is 9.05 Å². The quantitative estimate of drug-likeness (QED) is 0.629. The molecule has 0 saturated carbocycles. The van der Waals surface area contributed by atoms with Crippen LogP contribution in [0.25, 0.3) is 0 Å². The van der Waals surface area contributed by atoms with Gasteiger partial charge in [0.2, 0.25) is 0 Å². The topological polar surface area (TPSA) is 18.5 Å². The molecule has 0 aromatic carbocycles.